The minimum Gasteiger partial charge on any atom is -0.258 e. The van der Waals surface area contributed by atoms with E-state index in [9.17, 15) is 10.1 Å². The molecule has 0 saturated heterocycles. The number of aromatic nitrogens is 1. The van der Waals surface area contributed by atoms with Gasteiger partial charge in [0.15, 0.2) is 0 Å². The van der Waals surface area contributed by atoms with Crippen LogP contribution in [0.1, 0.15) is 11.1 Å². The number of nitrogens with zero attached hydrogens (tertiary/aromatic N) is 5. The van der Waals surface area contributed by atoms with Crippen LogP contribution in [0.3, 0.4) is 0 Å². The molecule has 7 nitrogen and oxygen atoms in total. The maximum Gasteiger partial charge on any atom is 0.269 e. The Bertz CT molecular complexity index is 1390. The fraction of sp³-hybridized carbons (Fsp3) is 0. The van der Waals surface area contributed by atoms with Crippen molar-refractivity contribution >= 4 is 61.3 Å². The van der Waals surface area contributed by atoms with E-state index < -0.39 is 4.92 Å². The number of rotatable bonds is 6. The molecule has 0 spiro atoms. The molecule has 0 fully saturated rings. The summed E-state index contributed by atoms with van der Waals surface area (Å²) in [6.07, 6.45) is 3.39. The van der Waals surface area contributed by atoms with E-state index in [2.05, 4.69) is 47.2 Å². The molecule has 0 bridgehead atoms. The van der Waals surface area contributed by atoms with E-state index in [0.717, 1.165) is 31.3 Å². The Morgan fingerprint density at radius 1 is 0.848 bits per heavy atom. The van der Waals surface area contributed by atoms with E-state index in [-0.39, 0.29) is 5.69 Å². The molecule has 10 heteroatoms. The lowest BCUT2D eigenvalue weighted by molar-refractivity contribution is -0.384. The summed E-state index contributed by atoms with van der Waals surface area (Å²) < 4.78 is 3.64. The van der Waals surface area contributed by atoms with Crippen molar-refractivity contribution in [2.45, 2.75) is 0 Å². The minimum atomic E-state index is -0.422. The molecule has 0 amide bonds. The summed E-state index contributed by atoms with van der Waals surface area (Å²) in [6, 6.07) is 21.8. The number of nitro benzene ring substituents is 1. The normalized spacial score (nSPS) is 12.1. The first-order chi connectivity index (χ1) is 16.0. The molecule has 4 rings (SSSR count). The predicted octanol–water partition coefficient (Wildman–Crippen LogP) is 6.47. The second-order valence-corrected chi connectivity index (χ2v) is 9.38. The molecule has 0 aliphatic heterocycles. The number of nitro groups is 1. The van der Waals surface area contributed by atoms with Gasteiger partial charge >= 0.3 is 0 Å². The molecule has 0 atom stereocenters. The second-order valence-electron chi connectivity index (χ2n) is 6.71. The van der Waals surface area contributed by atoms with Crippen LogP contribution in [-0.4, -0.2) is 22.0 Å². The van der Waals surface area contributed by atoms with E-state index >= 15 is 0 Å². The molecule has 0 saturated carbocycles. The summed E-state index contributed by atoms with van der Waals surface area (Å²) >= 11 is 8.22. The largest absolute Gasteiger partial charge is 0.269 e. The van der Waals surface area contributed by atoms with Crippen molar-refractivity contribution in [1.29, 1.82) is 0 Å². The first kappa shape index (κ1) is 23.0. The van der Waals surface area contributed by atoms with Crippen LogP contribution in [0.4, 0.5) is 5.69 Å². The quantitative estimate of drug-likeness (QED) is 0.148. The van der Waals surface area contributed by atoms with Gasteiger partial charge in [-0.1, -0.05) is 56.1 Å². The van der Waals surface area contributed by atoms with Gasteiger partial charge in [0.2, 0.25) is 4.80 Å². The summed E-state index contributed by atoms with van der Waals surface area (Å²) in [6.45, 7) is 0. The van der Waals surface area contributed by atoms with Gasteiger partial charge in [0.1, 0.15) is 0 Å². The average Bonchev–Trinajstić information content (AvgIpc) is 3.22. The van der Waals surface area contributed by atoms with Crippen LogP contribution < -0.4 is 4.80 Å². The molecule has 164 valence electrons. The number of hydrogen-bond donors (Lipinski definition) is 0. The first-order valence-electron chi connectivity index (χ1n) is 9.57. The monoisotopic (exact) mass is 583 g/mol. The zero-order chi connectivity index (χ0) is 23.2. The van der Waals surface area contributed by atoms with E-state index in [0.29, 0.717) is 4.80 Å². The summed E-state index contributed by atoms with van der Waals surface area (Å²) in [5, 5.41) is 26.1. The van der Waals surface area contributed by atoms with Gasteiger partial charge in [-0.3, -0.25) is 10.1 Å². The van der Waals surface area contributed by atoms with Gasteiger partial charge in [0.05, 0.1) is 23.0 Å². The summed E-state index contributed by atoms with van der Waals surface area (Å²) in [5.74, 6) is 0. The van der Waals surface area contributed by atoms with Crippen LogP contribution in [0.15, 0.2) is 102 Å². The van der Waals surface area contributed by atoms with Crippen LogP contribution in [0.5, 0.6) is 0 Å². The van der Waals surface area contributed by atoms with E-state index in [4.69, 9.17) is 0 Å². The average molecular weight is 585 g/mol. The molecular formula is C23H15Br2N5O2S. The molecule has 0 unspecified atom stereocenters. The fourth-order valence-corrected chi connectivity index (χ4v) is 4.12. The number of thiazole rings is 1. The summed E-state index contributed by atoms with van der Waals surface area (Å²) in [7, 11) is 0. The zero-order valence-electron chi connectivity index (χ0n) is 16.9. The van der Waals surface area contributed by atoms with Crippen LogP contribution in [-0.2, 0) is 0 Å². The smallest absolute Gasteiger partial charge is 0.258 e. The molecule has 1 heterocycles. The maximum atomic E-state index is 11.0. The third kappa shape index (κ3) is 5.98. The molecule has 4 aromatic rings. The molecular weight excluding hydrogens is 570 g/mol. The molecule has 0 aliphatic carbocycles. The second kappa shape index (κ2) is 10.6. The van der Waals surface area contributed by atoms with Gasteiger partial charge in [-0.25, -0.2) is 4.68 Å². The van der Waals surface area contributed by atoms with Gasteiger partial charge in [-0.15, -0.1) is 16.4 Å². The summed E-state index contributed by atoms with van der Waals surface area (Å²) in [4.78, 5) is 11.1. The van der Waals surface area contributed by atoms with Gasteiger partial charge in [-0.2, -0.15) is 10.2 Å². The third-order valence-electron chi connectivity index (χ3n) is 4.47. The molecule has 0 radical (unpaired) electrons. The first-order valence-corrected chi connectivity index (χ1v) is 12.0. The molecule has 33 heavy (non-hydrogen) atoms. The van der Waals surface area contributed by atoms with Crippen molar-refractivity contribution in [3.05, 3.63) is 113 Å². The Balaban J connectivity index is 1.73. The topological polar surface area (TPSA) is 85.1 Å². The minimum absolute atomic E-state index is 0.0305. The standard InChI is InChI=1S/C23H15Br2N5O2S/c24-19-7-1-16(2-8-19)13-26-28-23-29(27-14-17-3-9-20(25)10-4-17)22(15-33-23)18-5-11-21(12-6-18)30(31)32/h1-15H/b26-13-,27-14+,28-23+. The lowest BCUT2D eigenvalue weighted by Crippen LogP contribution is -2.11. The van der Waals surface area contributed by atoms with Gasteiger partial charge < -0.3 is 0 Å². The van der Waals surface area contributed by atoms with Crippen LogP contribution in [0, 0.1) is 10.1 Å². The Kier molecular flexibility index (Phi) is 7.38. The van der Waals surface area contributed by atoms with Gasteiger partial charge in [-0.05, 0) is 47.5 Å². The maximum absolute atomic E-state index is 11.0. The predicted molar refractivity (Wildman–Crippen MR) is 139 cm³/mol. The van der Waals surface area contributed by atoms with Crippen molar-refractivity contribution in [2.75, 3.05) is 0 Å². The van der Waals surface area contributed by atoms with E-state index in [1.807, 2.05) is 53.9 Å². The highest BCUT2D eigenvalue weighted by Crippen LogP contribution is 2.23. The number of halogens is 2. The van der Waals surface area contributed by atoms with Gasteiger partial charge in [0.25, 0.3) is 5.69 Å². The zero-order valence-corrected chi connectivity index (χ0v) is 20.9. The van der Waals surface area contributed by atoms with Crippen LogP contribution >= 0.6 is 43.2 Å². The van der Waals surface area contributed by atoms with Crippen molar-refractivity contribution in [2.24, 2.45) is 15.3 Å². The Morgan fingerprint density at radius 2 is 1.42 bits per heavy atom. The lowest BCUT2D eigenvalue weighted by Gasteiger charge is -2.03. The van der Waals surface area contributed by atoms with Crippen molar-refractivity contribution in [3.63, 3.8) is 0 Å². The highest BCUT2D eigenvalue weighted by Gasteiger charge is 2.10. The van der Waals surface area contributed by atoms with Crippen LogP contribution in [0.2, 0.25) is 0 Å². The lowest BCUT2D eigenvalue weighted by atomic mass is 10.1. The van der Waals surface area contributed by atoms with E-state index in [1.54, 1.807) is 29.2 Å². The van der Waals surface area contributed by atoms with Gasteiger partial charge in [0, 0.05) is 32.0 Å². The number of non-ortho nitro benzene ring substituents is 1. The Hall–Kier alpha value is -3.21. The SMILES string of the molecule is O=[N+]([O-])c1ccc(-c2cs/c(=N/N=C\c3ccc(Br)cc3)n2/N=C/c2ccc(Br)cc2)cc1. The molecule has 3 aromatic carbocycles. The fourth-order valence-electron chi connectivity index (χ4n) is 2.80. The van der Waals surface area contributed by atoms with Crippen molar-refractivity contribution in [3.8, 4) is 11.3 Å². The summed E-state index contributed by atoms with van der Waals surface area (Å²) in [5.41, 5.74) is 3.39. The van der Waals surface area contributed by atoms with Crippen molar-refractivity contribution < 1.29 is 4.92 Å². The Morgan fingerprint density at radius 3 is 2.00 bits per heavy atom. The third-order valence-corrected chi connectivity index (χ3v) is 6.34. The Labute approximate surface area is 209 Å². The molecule has 1 aromatic heterocycles. The highest BCUT2D eigenvalue weighted by atomic mass is 79.9. The number of benzene rings is 3. The van der Waals surface area contributed by atoms with Crippen molar-refractivity contribution in [1.82, 2.24) is 4.68 Å². The molecule has 0 N–H and O–H groups in total. The van der Waals surface area contributed by atoms with E-state index in [1.165, 1.54) is 23.5 Å². The molecule has 0 aliphatic rings. The van der Waals surface area contributed by atoms with Crippen LogP contribution in [0.25, 0.3) is 11.3 Å². The number of hydrogen-bond acceptors (Lipinski definition) is 6. The highest BCUT2D eigenvalue weighted by molar-refractivity contribution is 9.10.